The Morgan fingerprint density at radius 1 is 1.31 bits per heavy atom. The van der Waals surface area contributed by atoms with Gasteiger partial charge in [-0.15, -0.1) is 0 Å². The summed E-state index contributed by atoms with van der Waals surface area (Å²) in [7, 11) is 0. The molecule has 0 spiro atoms. The van der Waals surface area contributed by atoms with E-state index in [0.717, 1.165) is 23.9 Å². The second kappa shape index (κ2) is 8.49. The van der Waals surface area contributed by atoms with E-state index in [9.17, 15) is 4.79 Å². The Balaban J connectivity index is 1.48. The van der Waals surface area contributed by atoms with E-state index in [0.29, 0.717) is 23.2 Å². The molecule has 1 aromatic heterocycles. The van der Waals surface area contributed by atoms with Gasteiger partial charge in [0.15, 0.2) is 0 Å². The molecule has 0 N–H and O–H groups in total. The van der Waals surface area contributed by atoms with Crippen LogP contribution in [-0.4, -0.2) is 51.4 Å². The first-order valence-corrected chi connectivity index (χ1v) is 11.1. The van der Waals surface area contributed by atoms with Crippen LogP contribution in [0.1, 0.15) is 49.3 Å². The molecule has 2 aromatic rings. The highest BCUT2D eigenvalue weighted by molar-refractivity contribution is 6.30. The second-order valence-corrected chi connectivity index (χ2v) is 9.30. The molecule has 156 valence electrons. The highest BCUT2D eigenvalue weighted by Crippen LogP contribution is 2.52. The summed E-state index contributed by atoms with van der Waals surface area (Å²) in [6.45, 7) is 11.4. The molecule has 2 fully saturated rings. The standard InChI is InChI=1S/C23H31ClN4O/c1-4-8-26-11-19-20(12-26)21(19)13-27(10-17-6-5-7-18(24)9-17)23(29)22-14-28(15-25-22)16(2)3/h5-7,9,14-16,19-21H,4,8,10-13H2,1-3H3. The first-order valence-electron chi connectivity index (χ1n) is 10.8. The zero-order valence-corrected chi connectivity index (χ0v) is 18.3. The summed E-state index contributed by atoms with van der Waals surface area (Å²) in [5.41, 5.74) is 1.59. The molecule has 1 amide bonds. The van der Waals surface area contributed by atoms with Crippen LogP contribution in [0.3, 0.4) is 0 Å². The Morgan fingerprint density at radius 3 is 2.69 bits per heavy atom. The normalized spacial score (nSPS) is 23.4. The molecule has 2 atom stereocenters. The van der Waals surface area contributed by atoms with Gasteiger partial charge in [0.25, 0.3) is 5.91 Å². The van der Waals surface area contributed by atoms with Crippen molar-refractivity contribution in [2.24, 2.45) is 17.8 Å². The van der Waals surface area contributed by atoms with Gasteiger partial charge in [0.1, 0.15) is 5.69 Å². The van der Waals surface area contributed by atoms with Crippen LogP contribution in [0, 0.1) is 17.8 Å². The Labute approximate surface area is 178 Å². The third kappa shape index (κ3) is 4.51. The van der Waals surface area contributed by atoms with Crippen LogP contribution in [0.5, 0.6) is 0 Å². The maximum Gasteiger partial charge on any atom is 0.274 e. The summed E-state index contributed by atoms with van der Waals surface area (Å²) < 4.78 is 1.99. The number of hydrogen-bond acceptors (Lipinski definition) is 3. The van der Waals surface area contributed by atoms with Gasteiger partial charge >= 0.3 is 0 Å². The van der Waals surface area contributed by atoms with Crippen LogP contribution in [0.25, 0.3) is 0 Å². The van der Waals surface area contributed by atoms with E-state index in [4.69, 9.17) is 11.6 Å². The van der Waals surface area contributed by atoms with Crippen molar-refractivity contribution in [3.8, 4) is 0 Å². The molecule has 4 rings (SSSR count). The average molecular weight is 415 g/mol. The van der Waals surface area contributed by atoms with E-state index < -0.39 is 0 Å². The number of benzene rings is 1. The Hall–Kier alpha value is -1.85. The highest BCUT2D eigenvalue weighted by Gasteiger charge is 2.55. The Kier molecular flexibility index (Phi) is 5.98. The summed E-state index contributed by atoms with van der Waals surface area (Å²) in [4.78, 5) is 22.3. The fraction of sp³-hybridized carbons (Fsp3) is 0.565. The lowest BCUT2D eigenvalue weighted by Gasteiger charge is -2.25. The molecule has 1 saturated carbocycles. The van der Waals surface area contributed by atoms with Gasteiger partial charge in [0.05, 0.1) is 6.33 Å². The quantitative estimate of drug-likeness (QED) is 0.644. The molecule has 2 aliphatic rings. The molecule has 6 heteroatoms. The molecular formula is C23H31ClN4O. The largest absolute Gasteiger partial charge is 0.334 e. The molecule has 2 unspecified atom stereocenters. The number of halogens is 1. The number of nitrogens with zero attached hydrogens (tertiary/aromatic N) is 4. The van der Waals surface area contributed by atoms with Crippen molar-refractivity contribution in [1.82, 2.24) is 19.4 Å². The van der Waals surface area contributed by atoms with Crippen LogP contribution in [0.2, 0.25) is 5.02 Å². The van der Waals surface area contributed by atoms with Gasteiger partial charge in [-0.2, -0.15) is 0 Å². The van der Waals surface area contributed by atoms with Gasteiger partial charge in [0, 0.05) is 43.4 Å². The van der Waals surface area contributed by atoms with Crippen molar-refractivity contribution in [2.45, 2.75) is 39.8 Å². The smallest absolute Gasteiger partial charge is 0.274 e. The summed E-state index contributed by atoms with van der Waals surface area (Å²) in [6, 6.07) is 8.09. The number of amides is 1. The van der Waals surface area contributed by atoms with Crippen molar-refractivity contribution in [1.29, 1.82) is 0 Å². The molecule has 1 saturated heterocycles. The van der Waals surface area contributed by atoms with Gasteiger partial charge < -0.3 is 14.4 Å². The lowest BCUT2D eigenvalue weighted by atomic mass is 10.1. The van der Waals surface area contributed by atoms with Crippen LogP contribution >= 0.6 is 11.6 Å². The molecule has 0 radical (unpaired) electrons. The molecule has 5 nitrogen and oxygen atoms in total. The molecule has 1 aromatic carbocycles. The van der Waals surface area contributed by atoms with Gasteiger partial charge in [-0.25, -0.2) is 4.98 Å². The van der Waals surface area contributed by atoms with E-state index in [1.54, 1.807) is 6.33 Å². The minimum Gasteiger partial charge on any atom is -0.334 e. The van der Waals surface area contributed by atoms with E-state index in [2.05, 4.69) is 30.7 Å². The maximum absolute atomic E-state index is 13.3. The van der Waals surface area contributed by atoms with Crippen molar-refractivity contribution >= 4 is 17.5 Å². The van der Waals surface area contributed by atoms with Crippen LogP contribution < -0.4 is 0 Å². The number of likely N-dealkylation sites (tertiary alicyclic amines) is 1. The fourth-order valence-corrected chi connectivity index (χ4v) is 4.94. The van der Waals surface area contributed by atoms with Gasteiger partial charge in [-0.05, 0) is 62.3 Å². The van der Waals surface area contributed by atoms with E-state index in [1.807, 2.05) is 39.9 Å². The fourth-order valence-electron chi connectivity index (χ4n) is 4.73. The molecule has 2 heterocycles. The Bertz CT molecular complexity index is 852. The monoisotopic (exact) mass is 414 g/mol. The number of aromatic nitrogens is 2. The summed E-state index contributed by atoms with van der Waals surface area (Å²) in [6.07, 6.45) is 4.83. The first kappa shape index (κ1) is 20.4. The number of carbonyl (C=O) groups is 1. The zero-order valence-electron chi connectivity index (χ0n) is 17.6. The Morgan fingerprint density at radius 2 is 2.07 bits per heavy atom. The van der Waals surface area contributed by atoms with E-state index in [1.165, 1.54) is 26.1 Å². The first-order chi connectivity index (χ1) is 14.0. The van der Waals surface area contributed by atoms with Crippen molar-refractivity contribution in [2.75, 3.05) is 26.2 Å². The van der Waals surface area contributed by atoms with Crippen LogP contribution in [-0.2, 0) is 6.54 Å². The maximum atomic E-state index is 13.3. The lowest BCUT2D eigenvalue weighted by molar-refractivity contribution is 0.0719. The third-order valence-electron chi connectivity index (χ3n) is 6.38. The van der Waals surface area contributed by atoms with E-state index >= 15 is 0 Å². The number of rotatable bonds is 8. The lowest BCUT2D eigenvalue weighted by Crippen LogP contribution is -2.35. The zero-order chi connectivity index (χ0) is 20.5. The van der Waals surface area contributed by atoms with Gasteiger partial charge in [-0.3, -0.25) is 4.79 Å². The van der Waals surface area contributed by atoms with Crippen LogP contribution in [0.15, 0.2) is 36.8 Å². The molecule has 0 bridgehead atoms. The number of carbonyl (C=O) groups excluding carboxylic acids is 1. The summed E-state index contributed by atoms with van der Waals surface area (Å²) in [5.74, 6) is 2.10. The topological polar surface area (TPSA) is 41.4 Å². The van der Waals surface area contributed by atoms with E-state index in [-0.39, 0.29) is 11.9 Å². The van der Waals surface area contributed by atoms with Gasteiger partial charge in [0.2, 0.25) is 0 Å². The predicted molar refractivity (Wildman–Crippen MR) is 116 cm³/mol. The van der Waals surface area contributed by atoms with Crippen molar-refractivity contribution in [3.05, 3.63) is 53.1 Å². The number of imidazole rings is 1. The number of piperidine rings is 1. The minimum absolute atomic E-state index is 0.0137. The molecule has 1 aliphatic heterocycles. The summed E-state index contributed by atoms with van der Waals surface area (Å²) >= 11 is 6.18. The molecule has 29 heavy (non-hydrogen) atoms. The number of fused-ring (bicyclic) bond motifs is 1. The predicted octanol–water partition coefficient (Wildman–Crippen LogP) is 4.35. The molecular weight excluding hydrogens is 384 g/mol. The average Bonchev–Trinajstić information content (AvgIpc) is 3.09. The third-order valence-corrected chi connectivity index (χ3v) is 6.62. The minimum atomic E-state index is 0.0137. The second-order valence-electron chi connectivity index (χ2n) is 8.87. The van der Waals surface area contributed by atoms with Crippen LogP contribution in [0.4, 0.5) is 0 Å². The van der Waals surface area contributed by atoms with Crippen molar-refractivity contribution < 1.29 is 4.79 Å². The molecule has 1 aliphatic carbocycles. The number of hydrogen-bond donors (Lipinski definition) is 0. The SMILES string of the molecule is CCCN1CC2C(C1)C2CN(Cc1cccc(Cl)c1)C(=O)c1cn(C(C)C)cn1. The van der Waals surface area contributed by atoms with Crippen molar-refractivity contribution in [3.63, 3.8) is 0 Å². The summed E-state index contributed by atoms with van der Waals surface area (Å²) in [5, 5.41) is 0.706. The van der Waals surface area contributed by atoms with Gasteiger partial charge in [-0.1, -0.05) is 30.7 Å². The highest BCUT2D eigenvalue weighted by atomic mass is 35.5.